The highest BCUT2D eigenvalue weighted by Crippen LogP contribution is 2.29. The lowest BCUT2D eigenvalue weighted by molar-refractivity contribution is -0.146. The van der Waals surface area contributed by atoms with Gasteiger partial charge in [0.2, 0.25) is 0 Å². The molecule has 1 heterocycles. The molecule has 2 rings (SSSR count). The molecule has 0 fully saturated rings. The molecular weight excluding hydrogens is 204 g/mol. The maximum absolute atomic E-state index is 11.4. The average Bonchev–Trinajstić information content (AvgIpc) is 2.30. The van der Waals surface area contributed by atoms with Crippen LogP contribution in [0.25, 0.3) is 0 Å². The van der Waals surface area contributed by atoms with E-state index in [1.165, 1.54) is 5.56 Å². The van der Waals surface area contributed by atoms with E-state index in [-0.39, 0.29) is 12.1 Å². The Bertz CT molecular complexity index is 373. The summed E-state index contributed by atoms with van der Waals surface area (Å²) in [5.41, 5.74) is 2.41. The second-order valence-corrected chi connectivity index (χ2v) is 3.82. The zero-order valence-corrected chi connectivity index (χ0v) is 9.44. The molecule has 3 nitrogen and oxygen atoms in total. The zero-order valence-electron chi connectivity index (χ0n) is 9.44. The third-order valence-electron chi connectivity index (χ3n) is 2.75. The first-order valence-electron chi connectivity index (χ1n) is 5.66. The first kappa shape index (κ1) is 11.1. The van der Waals surface area contributed by atoms with Crippen molar-refractivity contribution in [2.45, 2.75) is 25.9 Å². The zero-order chi connectivity index (χ0) is 11.4. The maximum Gasteiger partial charge on any atom is 0.308 e. The molecule has 0 radical (unpaired) electrons. The van der Waals surface area contributed by atoms with Gasteiger partial charge in [0.15, 0.2) is 0 Å². The third kappa shape index (κ3) is 2.42. The summed E-state index contributed by atoms with van der Waals surface area (Å²) < 4.78 is 10.6. The van der Waals surface area contributed by atoms with E-state index in [1.807, 2.05) is 25.1 Å². The highest BCUT2D eigenvalue weighted by atomic mass is 16.5. The molecule has 3 heteroatoms. The Balaban J connectivity index is 2.10. The number of carbonyl (C=O) groups is 1. The fourth-order valence-corrected chi connectivity index (χ4v) is 2.02. The minimum absolute atomic E-state index is 0.135. The number of esters is 1. The summed E-state index contributed by atoms with van der Waals surface area (Å²) in [6.45, 7) is 2.92. The van der Waals surface area contributed by atoms with E-state index in [9.17, 15) is 4.79 Å². The first-order chi connectivity index (χ1) is 7.81. The molecule has 1 atom stereocenters. The summed E-state index contributed by atoms with van der Waals surface area (Å²) in [6.07, 6.45) is 1.10. The predicted molar refractivity (Wildman–Crippen MR) is 60.1 cm³/mol. The van der Waals surface area contributed by atoms with Crippen LogP contribution in [0.4, 0.5) is 0 Å². The van der Waals surface area contributed by atoms with Gasteiger partial charge in [-0.2, -0.15) is 0 Å². The number of benzene rings is 1. The van der Waals surface area contributed by atoms with Gasteiger partial charge in [0, 0.05) is 0 Å². The van der Waals surface area contributed by atoms with Gasteiger partial charge in [-0.1, -0.05) is 24.3 Å². The molecule has 16 heavy (non-hydrogen) atoms. The van der Waals surface area contributed by atoms with Gasteiger partial charge >= 0.3 is 5.97 Å². The van der Waals surface area contributed by atoms with Crippen LogP contribution in [0.5, 0.6) is 0 Å². The van der Waals surface area contributed by atoms with Crippen molar-refractivity contribution in [3.05, 3.63) is 35.4 Å². The average molecular weight is 220 g/mol. The molecule has 1 aliphatic rings. The summed E-state index contributed by atoms with van der Waals surface area (Å²) in [5.74, 6) is -0.191. The molecule has 0 unspecified atom stereocenters. The van der Waals surface area contributed by atoms with Crippen LogP contribution in [0.3, 0.4) is 0 Å². The van der Waals surface area contributed by atoms with Crippen LogP contribution in [0.2, 0.25) is 0 Å². The van der Waals surface area contributed by atoms with E-state index in [4.69, 9.17) is 9.47 Å². The monoisotopic (exact) mass is 220 g/mol. The summed E-state index contributed by atoms with van der Waals surface area (Å²) in [7, 11) is 0. The van der Waals surface area contributed by atoms with Crippen molar-refractivity contribution in [2.75, 3.05) is 13.2 Å². The standard InChI is InChI=1S/C13H16O3/c1-2-15-13(14)9-12-11-6-4-3-5-10(11)7-8-16-12/h3-6,12H,2,7-9H2,1H3/t12-/m0/s1. The number of hydrogen-bond acceptors (Lipinski definition) is 3. The minimum Gasteiger partial charge on any atom is -0.466 e. The Kier molecular flexibility index (Phi) is 3.57. The molecule has 1 aromatic rings. The topological polar surface area (TPSA) is 35.5 Å². The molecule has 0 saturated carbocycles. The molecule has 1 aromatic carbocycles. The van der Waals surface area contributed by atoms with E-state index in [0.29, 0.717) is 19.6 Å². The largest absolute Gasteiger partial charge is 0.466 e. The summed E-state index contributed by atoms with van der Waals surface area (Å²) in [6, 6.07) is 8.12. The number of rotatable bonds is 3. The van der Waals surface area contributed by atoms with E-state index >= 15 is 0 Å². The molecule has 0 bridgehead atoms. The van der Waals surface area contributed by atoms with Crippen LogP contribution < -0.4 is 0 Å². The lowest BCUT2D eigenvalue weighted by Gasteiger charge is -2.25. The molecule has 0 N–H and O–H groups in total. The molecule has 0 saturated heterocycles. The summed E-state index contributed by atoms with van der Waals surface area (Å²) in [4.78, 5) is 11.4. The van der Waals surface area contributed by atoms with Crippen molar-refractivity contribution in [1.29, 1.82) is 0 Å². The van der Waals surface area contributed by atoms with Crippen LogP contribution in [0.15, 0.2) is 24.3 Å². The van der Waals surface area contributed by atoms with Crippen molar-refractivity contribution < 1.29 is 14.3 Å². The van der Waals surface area contributed by atoms with E-state index in [0.717, 1.165) is 12.0 Å². The molecule has 0 aromatic heterocycles. The van der Waals surface area contributed by atoms with Gasteiger partial charge in [0.1, 0.15) is 0 Å². The number of hydrogen-bond donors (Lipinski definition) is 0. The van der Waals surface area contributed by atoms with Gasteiger partial charge in [-0.15, -0.1) is 0 Å². The Labute approximate surface area is 95.4 Å². The predicted octanol–water partition coefficient (Wildman–Crippen LogP) is 2.25. The highest BCUT2D eigenvalue weighted by Gasteiger charge is 2.23. The van der Waals surface area contributed by atoms with Crippen molar-refractivity contribution in [1.82, 2.24) is 0 Å². The van der Waals surface area contributed by atoms with Gasteiger partial charge in [-0.3, -0.25) is 4.79 Å². The first-order valence-corrected chi connectivity index (χ1v) is 5.66. The Morgan fingerprint density at radius 2 is 2.31 bits per heavy atom. The van der Waals surface area contributed by atoms with Crippen molar-refractivity contribution in [3.63, 3.8) is 0 Å². The van der Waals surface area contributed by atoms with Crippen LogP contribution in [0.1, 0.15) is 30.6 Å². The van der Waals surface area contributed by atoms with E-state index in [1.54, 1.807) is 0 Å². The number of carbonyl (C=O) groups excluding carboxylic acids is 1. The molecule has 0 spiro atoms. The van der Waals surface area contributed by atoms with Crippen molar-refractivity contribution in [2.24, 2.45) is 0 Å². The van der Waals surface area contributed by atoms with E-state index < -0.39 is 0 Å². The summed E-state index contributed by atoms with van der Waals surface area (Å²) in [5, 5.41) is 0. The van der Waals surface area contributed by atoms with Crippen LogP contribution >= 0.6 is 0 Å². The second-order valence-electron chi connectivity index (χ2n) is 3.82. The SMILES string of the molecule is CCOC(=O)C[C@@H]1OCCc2ccccc21. The van der Waals surface area contributed by atoms with Gasteiger partial charge < -0.3 is 9.47 Å². The third-order valence-corrected chi connectivity index (χ3v) is 2.75. The fourth-order valence-electron chi connectivity index (χ4n) is 2.02. The van der Waals surface area contributed by atoms with Crippen molar-refractivity contribution in [3.8, 4) is 0 Å². The Morgan fingerprint density at radius 3 is 3.12 bits per heavy atom. The maximum atomic E-state index is 11.4. The summed E-state index contributed by atoms with van der Waals surface area (Å²) >= 11 is 0. The Hall–Kier alpha value is -1.35. The number of fused-ring (bicyclic) bond motifs is 1. The minimum atomic E-state index is -0.191. The van der Waals surface area contributed by atoms with Crippen LogP contribution in [-0.2, 0) is 20.7 Å². The lowest BCUT2D eigenvalue weighted by Crippen LogP contribution is -2.20. The second kappa shape index (κ2) is 5.12. The normalized spacial score (nSPS) is 18.9. The highest BCUT2D eigenvalue weighted by molar-refractivity contribution is 5.70. The molecular formula is C13H16O3. The van der Waals surface area contributed by atoms with Gasteiger partial charge in [-0.25, -0.2) is 0 Å². The van der Waals surface area contributed by atoms with Crippen LogP contribution in [0, 0.1) is 0 Å². The fraction of sp³-hybridized carbons (Fsp3) is 0.462. The van der Waals surface area contributed by atoms with Gasteiger partial charge in [0.25, 0.3) is 0 Å². The quantitative estimate of drug-likeness (QED) is 0.733. The smallest absolute Gasteiger partial charge is 0.308 e. The Morgan fingerprint density at radius 1 is 1.50 bits per heavy atom. The molecule has 0 amide bonds. The molecule has 0 aliphatic carbocycles. The molecule has 86 valence electrons. The molecule has 1 aliphatic heterocycles. The number of ether oxygens (including phenoxy) is 2. The lowest BCUT2D eigenvalue weighted by atomic mass is 9.96. The van der Waals surface area contributed by atoms with Gasteiger partial charge in [0.05, 0.1) is 25.7 Å². The van der Waals surface area contributed by atoms with E-state index in [2.05, 4.69) is 6.07 Å². The van der Waals surface area contributed by atoms with Crippen LogP contribution in [-0.4, -0.2) is 19.2 Å². The van der Waals surface area contributed by atoms with Crippen molar-refractivity contribution >= 4 is 5.97 Å². The van der Waals surface area contributed by atoms with Gasteiger partial charge in [-0.05, 0) is 24.5 Å².